The van der Waals surface area contributed by atoms with Gasteiger partial charge in [0.1, 0.15) is 0 Å². The van der Waals surface area contributed by atoms with Gasteiger partial charge in [0.15, 0.2) is 0 Å². The van der Waals surface area contributed by atoms with E-state index >= 15 is 0 Å². The Morgan fingerprint density at radius 1 is 1.11 bits per heavy atom. The van der Waals surface area contributed by atoms with Crippen LogP contribution in [0.5, 0.6) is 0 Å². The van der Waals surface area contributed by atoms with E-state index in [9.17, 15) is 13.6 Å². The van der Waals surface area contributed by atoms with Crippen molar-refractivity contribution < 1.29 is 13.6 Å². The molecule has 37 heavy (non-hydrogen) atoms. The number of carbonyl (C=O) groups excluding carboxylic acids is 1. The number of carbonyl (C=O) groups is 1. The number of benzene rings is 1. The van der Waals surface area contributed by atoms with Crippen molar-refractivity contribution in [1.29, 1.82) is 0 Å². The summed E-state index contributed by atoms with van der Waals surface area (Å²) in [6, 6.07) is 7.79. The monoisotopic (exact) mass is 512 g/mol. The van der Waals surface area contributed by atoms with Gasteiger partial charge in [-0.25, -0.2) is 8.78 Å². The van der Waals surface area contributed by atoms with Gasteiger partial charge in [-0.05, 0) is 99.5 Å². The van der Waals surface area contributed by atoms with Crippen LogP contribution in [0.4, 0.5) is 8.78 Å². The van der Waals surface area contributed by atoms with Gasteiger partial charge in [-0.3, -0.25) is 4.79 Å². The first-order valence-electron chi connectivity index (χ1n) is 14.0. The highest BCUT2D eigenvalue weighted by molar-refractivity contribution is 5.94. The van der Waals surface area contributed by atoms with Crippen LogP contribution in [0.2, 0.25) is 0 Å². The molecule has 0 saturated heterocycles. The molecule has 2 saturated carbocycles. The summed E-state index contributed by atoms with van der Waals surface area (Å²) in [7, 11) is 3.52. The number of nitrogens with one attached hydrogen (secondary N) is 1. The normalized spacial score (nSPS) is 24.6. The molecule has 1 aromatic rings. The fourth-order valence-electron chi connectivity index (χ4n) is 5.91. The third kappa shape index (κ3) is 8.28. The molecule has 0 aliphatic heterocycles. The van der Waals surface area contributed by atoms with E-state index in [1.807, 2.05) is 24.3 Å². The smallest absolute Gasteiger partial charge is 0.253 e. The van der Waals surface area contributed by atoms with Crippen molar-refractivity contribution in [3.05, 3.63) is 64.9 Å². The van der Waals surface area contributed by atoms with E-state index in [0.717, 1.165) is 49.2 Å². The van der Waals surface area contributed by atoms with Crippen LogP contribution in [0.15, 0.2) is 53.8 Å². The average Bonchev–Trinajstić information content (AvgIpc) is 3.16. The highest BCUT2D eigenvalue weighted by Gasteiger charge is 2.44. The van der Waals surface area contributed by atoms with Crippen LogP contribution in [0.1, 0.15) is 101 Å². The maximum atomic E-state index is 13.3. The molecule has 2 aliphatic carbocycles. The first kappa shape index (κ1) is 29.1. The highest BCUT2D eigenvalue weighted by Crippen LogP contribution is 2.45. The van der Waals surface area contributed by atoms with E-state index in [-0.39, 0.29) is 30.2 Å². The third-order valence-electron chi connectivity index (χ3n) is 7.95. The second-order valence-electron chi connectivity index (χ2n) is 11.9. The predicted octanol–water partition coefficient (Wildman–Crippen LogP) is 8.40. The van der Waals surface area contributed by atoms with E-state index in [2.05, 4.69) is 51.2 Å². The molecule has 1 amide bonds. The van der Waals surface area contributed by atoms with Gasteiger partial charge in [-0.15, -0.1) is 0 Å². The predicted molar refractivity (Wildman–Crippen MR) is 151 cm³/mol. The lowest BCUT2D eigenvalue weighted by molar-refractivity contribution is -0.112. The Morgan fingerprint density at radius 3 is 2.30 bits per heavy atom. The zero-order chi connectivity index (χ0) is 27.2. The van der Waals surface area contributed by atoms with Crippen LogP contribution in [-0.4, -0.2) is 36.4 Å². The SMILES string of the molecule is CC/C=C(/C=C\C(CCCC1CC(F)(F)C1)=C(/C)NC1(C)CCC(C)C1)c1ccc(C(=O)N(C)C)cc1. The van der Waals surface area contributed by atoms with Gasteiger partial charge in [0.05, 0.1) is 0 Å². The summed E-state index contributed by atoms with van der Waals surface area (Å²) in [5, 5.41) is 3.84. The topological polar surface area (TPSA) is 32.3 Å². The fourth-order valence-corrected chi connectivity index (χ4v) is 5.91. The van der Waals surface area contributed by atoms with Gasteiger partial charge in [0, 0.05) is 43.7 Å². The van der Waals surface area contributed by atoms with Crippen molar-refractivity contribution in [1.82, 2.24) is 10.2 Å². The van der Waals surface area contributed by atoms with Gasteiger partial charge in [0.2, 0.25) is 5.92 Å². The third-order valence-corrected chi connectivity index (χ3v) is 7.95. The summed E-state index contributed by atoms with van der Waals surface area (Å²) < 4.78 is 26.6. The van der Waals surface area contributed by atoms with E-state index in [1.54, 1.807) is 19.0 Å². The zero-order valence-corrected chi connectivity index (χ0v) is 23.7. The first-order valence-corrected chi connectivity index (χ1v) is 14.0. The fraction of sp³-hybridized carbons (Fsp3) is 0.594. The van der Waals surface area contributed by atoms with E-state index < -0.39 is 5.92 Å². The van der Waals surface area contributed by atoms with Crippen LogP contribution in [0, 0.1) is 11.8 Å². The van der Waals surface area contributed by atoms with Crippen molar-refractivity contribution in [3.8, 4) is 0 Å². The Hall–Kier alpha value is -2.43. The molecule has 1 aromatic carbocycles. The van der Waals surface area contributed by atoms with Crippen molar-refractivity contribution in [2.75, 3.05) is 14.1 Å². The lowest BCUT2D eigenvalue weighted by atomic mass is 9.78. The van der Waals surface area contributed by atoms with Gasteiger partial charge in [-0.1, -0.05) is 44.2 Å². The number of halogens is 2. The van der Waals surface area contributed by atoms with Crippen molar-refractivity contribution in [2.24, 2.45) is 11.8 Å². The summed E-state index contributed by atoms with van der Waals surface area (Å²) in [5.74, 6) is -1.57. The van der Waals surface area contributed by atoms with E-state index in [0.29, 0.717) is 5.56 Å². The van der Waals surface area contributed by atoms with Gasteiger partial charge in [-0.2, -0.15) is 0 Å². The molecule has 2 fully saturated rings. The largest absolute Gasteiger partial charge is 0.383 e. The number of hydrogen-bond acceptors (Lipinski definition) is 2. The maximum Gasteiger partial charge on any atom is 0.253 e. The average molecular weight is 513 g/mol. The van der Waals surface area contributed by atoms with Crippen molar-refractivity contribution >= 4 is 11.5 Å². The van der Waals surface area contributed by atoms with Crippen LogP contribution >= 0.6 is 0 Å². The van der Waals surface area contributed by atoms with E-state index in [1.165, 1.54) is 24.1 Å². The number of hydrogen-bond donors (Lipinski definition) is 1. The number of alkyl halides is 2. The number of nitrogens with zero attached hydrogens (tertiary/aromatic N) is 1. The summed E-state index contributed by atoms with van der Waals surface area (Å²) in [5.41, 5.74) is 5.41. The Morgan fingerprint density at radius 2 is 1.76 bits per heavy atom. The molecule has 5 heteroatoms. The van der Waals surface area contributed by atoms with Crippen LogP contribution < -0.4 is 5.32 Å². The molecule has 3 rings (SSSR count). The van der Waals surface area contributed by atoms with Crippen LogP contribution in [0.25, 0.3) is 5.57 Å². The summed E-state index contributed by atoms with van der Waals surface area (Å²) in [4.78, 5) is 13.9. The molecule has 1 N–H and O–H groups in total. The molecule has 2 unspecified atom stereocenters. The second-order valence-corrected chi connectivity index (χ2v) is 11.9. The number of allylic oxidation sites excluding steroid dienone is 6. The first-order chi connectivity index (χ1) is 17.4. The molecule has 0 aromatic heterocycles. The molecule has 0 spiro atoms. The molecule has 0 bridgehead atoms. The molecule has 0 radical (unpaired) electrons. The van der Waals surface area contributed by atoms with Gasteiger partial charge in [0.25, 0.3) is 5.91 Å². The molecule has 204 valence electrons. The molecule has 2 atom stereocenters. The summed E-state index contributed by atoms with van der Waals surface area (Å²) in [6.45, 7) is 8.92. The minimum atomic E-state index is -2.44. The van der Waals surface area contributed by atoms with Crippen molar-refractivity contribution in [2.45, 2.75) is 96.9 Å². The number of amides is 1. The molecule has 0 heterocycles. The summed E-state index contributed by atoms with van der Waals surface area (Å²) in [6.07, 6.45) is 13.8. The Bertz CT molecular complexity index is 1010. The van der Waals surface area contributed by atoms with Crippen LogP contribution in [-0.2, 0) is 0 Å². The Kier molecular flexibility index (Phi) is 9.77. The molecular weight excluding hydrogens is 466 g/mol. The van der Waals surface area contributed by atoms with Gasteiger partial charge >= 0.3 is 0 Å². The molecular formula is C32H46F2N2O. The Labute approximate surface area is 223 Å². The highest BCUT2D eigenvalue weighted by atomic mass is 19.3. The van der Waals surface area contributed by atoms with Gasteiger partial charge < -0.3 is 10.2 Å². The van der Waals surface area contributed by atoms with Crippen LogP contribution in [0.3, 0.4) is 0 Å². The number of rotatable bonds is 11. The minimum Gasteiger partial charge on any atom is -0.383 e. The zero-order valence-electron chi connectivity index (χ0n) is 23.7. The summed E-state index contributed by atoms with van der Waals surface area (Å²) >= 11 is 0. The van der Waals surface area contributed by atoms with Crippen molar-refractivity contribution in [3.63, 3.8) is 0 Å². The standard InChI is InChI=1S/C32H46F2N2O/c1-7-9-27(28-14-16-29(17-15-28)30(37)36(5)6)13-12-26(11-8-10-25-21-32(33,34)22-25)24(3)35-31(4)19-18-23(2)20-31/h9,12-17,23,25,35H,7-8,10-11,18-22H2,1-6H3/b13-12-,26-24+,27-9-. The second kappa shape index (κ2) is 12.4. The minimum absolute atomic E-state index is 0.00557. The lowest BCUT2D eigenvalue weighted by Gasteiger charge is -2.35. The quantitative estimate of drug-likeness (QED) is 0.302. The lowest BCUT2D eigenvalue weighted by Crippen LogP contribution is -2.39. The molecule has 2 aliphatic rings. The molecule has 3 nitrogen and oxygen atoms in total. The van der Waals surface area contributed by atoms with E-state index in [4.69, 9.17) is 0 Å². The Balaban J connectivity index is 1.78. The maximum absolute atomic E-state index is 13.3.